The minimum atomic E-state index is -0.438. The summed E-state index contributed by atoms with van der Waals surface area (Å²) >= 11 is 1.50. The Hall–Kier alpha value is -2.47. The second-order valence-electron chi connectivity index (χ2n) is 4.15. The highest BCUT2D eigenvalue weighted by Crippen LogP contribution is 2.23. The number of amides is 2. The van der Waals surface area contributed by atoms with Gasteiger partial charge in [0.05, 0.1) is 11.3 Å². The average molecular weight is 301 g/mol. The fourth-order valence-corrected chi connectivity index (χ4v) is 2.22. The quantitative estimate of drug-likeness (QED) is 0.565. The van der Waals surface area contributed by atoms with Gasteiger partial charge < -0.3 is 10.0 Å². The number of nitrogens with one attached hydrogen (secondary N) is 3. The molecule has 0 aliphatic rings. The Balaban J connectivity index is 2.25. The zero-order valence-corrected chi connectivity index (χ0v) is 12.2. The van der Waals surface area contributed by atoms with Crippen LogP contribution in [0.25, 0.3) is 0 Å². The predicted molar refractivity (Wildman–Crippen MR) is 86.8 cm³/mol. The van der Waals surface area contributed by atoms with Crippen molar-refractivity contribution in [2.75, 3.05) is 16.3 Å². The van der Waals surface area contributed by atoms with Crippen LogP contribution in [0.3, 0.4) is 0 Å². The molecule has 0 bridgehead atoms. The van der Waals surface area contributed by atoms with Gasteiger partial charge in [-0.15, -0.1) is 0 Å². The van der Waals surface area contributed by atoms with E-state index >= 15 is 0 Å². The standard InChI is InChI=1S/C15H15N3O2S/c1-21-18-12-6-4-5-11(9-12)17-14-8-3-2-7-13(14)15(20)16-10-19/h2-10,17-18H,1H3,(H,16,19,20). The predicted octanol–water partition coefficient (Wildman–Crippen LogP) is 3.01. The van der Waals surface area contributed by atoms with Gasteiger partial charge in [0.1, 0.15) is 0 Å². The Labute approximate surface area is 127 Å². The molecule has 0 heterocycles. The highest BCUT2D eigenvalue weighted by Gasteiger charge is 2.10. The van der Waals surface area contributed by atoms with E-state index in [4.69, 9.17) is 0 Å². The summed E-state index contributed by atoms with van der Waals surface area (Å²) < 4.78 is 3.14. The lowest BCUT2D eigenvalue weighted by molar-refractivity contribution is -0.108. The largest absolute Gasteiger partial charge is 0.355 e. The van der Waals surface area contributed by atoms with Crippen LogP contribution in [0.5, 0.6) is 0 Å². The van der Waals surface area contributed by atoms with Gasteiger partial charge in [-0.05, 0) is 30.3 Å². The molecular weight excluding hydrogens is 286 g/mol. The van der Waals surface area contributed by atoms with Crippen molar-refractivity contribution < 1.29 is 9.59 Å². The second-order valence-corrected chi connectivity index (χ2v) is 4.76. The molecule has 2 amide bonds. The number of carbonyl (C=O) groups is 2. The molecule has 2 aromatic carbocycles. The molecule has 0 saturated heterocycles. The molecule has 0 aliphatic heterocycles. The van der Waals surface area contributed by atoms with Crippen molar-refractivity contribution in [1.82, 2.24) is 5.32 Å². The minimum Gasteiger partial charge on any atom is -0.355 e. The van der Waals surface area contributed by atoms with Crippen LogP contribution < -0.4 is 15.4 Å². The van der Waals surface area contributed by atoms with E-state index in [-0.39, 0.29) is 0 Å². The lowest BCUT2D eigenvalue weighted by atomic mass is 10.1. The van der Waals surface area contributed by atoms with Gasteiger partial charge in [0.2, 0.25) is 6.41 Å². The first-order chi connectivity index (χ1) is 10.2. The van der Waals surface area contributed by atoms with Crippen molar-refractivity contribution in [1.29, 1.82) is 0 Å². The Morgan fingerprint density at radius 3 is 2.62 bits per heavy atom. The van der Waals surface area contributed by atoms with Gasteiger partial charge >= 0.3 is 0 Å². The summed E-state index contributed by atoms with van der Waals surface area (Å²) in [5.74, 6) is -0.438. The van der Waals surface area contributed by atoms with Crippen LogP contribution >= 0.6 is 11.9 Å². The molecule has 3 N–H and O–H groups in total. The lowest BCUT2D eigenvalue weighted by Crippen LogP contribution is -2.22. The summed E-state index contributed by atoms with van der Waals surface area (Å²) in [5.41, 5.74) is 2.86. The monoisotopic (exact) mass is 301 g/mol. The summed E-state index contributed by atoms with van der Waals surface area (Å²) in [6.07, 6.45) is 2.32. The van der Waals surface area contributed by atoms with Crippen molar-refractivity contribution in [2.45, 2.75) is 0 Å². The van der Waals surface area contributed by atoms with Crippen molar-refractivity contribution >= 4 is 41.3 Å². The molecule has 21 heavy (non-hydrogen) atoms. The van der Waals surface area contributed by atoms with E-state index in [9.17, 15) is 9.59 Å². The Bertz CT molecular complexity index is 646. The molecule has 0 aliphatic carbocycles. The highest BCUT2D eigenvalue weighted by atomic mass is 32.2. The Kier molecular flexibility index (Phi) is 5.22. The van der Waals surface area contributed by atoms with Crippen LogP contribution in [0.15, 0.2) is 48.5 Å². The van der Waals surface area contributed by atoms with E-state index in [2.05, 4.69) is 15.4 Å². The molecule has 0 saturated carbocycles. The third-order valence-electron chi connectivity index (χ3n) is 2.72. The van der Waals surface area contributed by atoms with Crippen molar-refractivity contribution in [3.8, 4) is 0 Å². The Morgan fingerprint density at radius 2 is 1.86 bits per heavy atom. The van der Waals surface area contributed by atoms with Gasteiger partial charge in [-0.3, -0.25) is 14.9 Å². The van der Waals surface area contributed by atoms with Gasteiger partial charge in [-0.2, -0.15) is 0 Å². The number of imide groups is 1. The van der Waals surface area contributed by atoms with E-state index in [1.165, 1.54) is 11.9 Å². The van der Waals surface area contributed by atoms with Gasteiger partial charge in [0, 0.05) is 17.6 Å². The van der Waals surface area contributed by atoms with Crippen LogP contribution in [0.2, 0.25) is 0 Å². The van der Waals surface area contributed by atoms with E-state index in [0.717, 1.165) is 11.4 Å². The third kappa shape index (κ3) is 4.00. The third-order valence-corrected chi connectivity index (χ3v) is 3.16. The van der Waals surface area contributed by atoms with Crippen molar-refractivity contribution in [2.24, 2.45) is 0 Å². The highest BCUT2D eigenvalue weighted by molar-refractivity contribution is 7.99. The fraction of sp³-hybridized carbons (Fsp3) is 0.0667. The molecule has 0 radical (unpaired) electrons. The molecular formula is C15H15N3O2S. The maximum atomic E-state index is 11.8. The first kappa shape index (κ1) is 14.9. The van der Waals surface area contributed by atoms with Gasteiger partial charge in [0.15, 0.2) is 0 Å². The molecule has 0 spiro atoms. The van der Waals surface area contributed by atoms with E-state index < -0.39 is 5.91 Å². The Morgan fingerprint density at radius 1 is 1.10 bits per heavy atom. The average Bonchev–Trinajstić information content (AvgIpc) is 2.49. The molecule has 108 valence electrons. The van der Waals surface area contributed by atoms with Crippen molar-refractivity contribution in [3.63, 3.8) is 0 Å². The van der Waals surface area contributed by atoms with E-state index in [0.29, 0.717) is 17.7 Å². The van der Waals surface area contributed by atoms with E-state index in [1.807, 2.05) is 36.6 Å². The first-order valence-corrected chi connectivity index (χ1v) is 7.46. The van der Waals surface area contributed by atoms with E-state index in [1.54, 1.807) is 18.2 Å². The topological polar surface area (TPSA) is 70.2 Å². The van der Waals surface area contributed by atoms with Gasteiger partial charge in [0.25, 0.3) is 5.91 Å². The van der Waals surface area contributed by atoms with Gasteiger partial charge in [-0.25, -0.2) is 0 Å². The number of hydrogen-bond acceptors (Lipinski definition) is 5. The van der Waals surface area contributed by atoms with Gasteiger partial charge in [-0.1, -0.05) is 30.1 Å². The molecule has 2 aromatic rings. The minimum absolute atomic E-state index is 0.377. The smallest absolute Gasteiger partial charge is 0.259 e. The zero-order chi connectivity index (χ0) is 15.1. The number of hydrogen-bond donors (Lipinski definition) is 3. The molecule has 0 fully saturated rings. The molecule has 2 rings (SSSR count). The SMILES string of the molecule is CSNc1cccc(Nc2ccccc2C(=O)NC=O)c1. The zero-order valence-electron chi connectivity index (χ0n) is 11.4. The van der Waals surface area contributed by atoms with Crippen LogP contribution in [0.4, 0.5) is 17.1 Å². The number of rotatable bonds is 6. The number of anilines is 3. The molecule has 0 unspecified atom stereocenters. The first-order valence-electron chi connectivity index (χ1n) is 6.24. The lowest BCUT2D eigenvalue weighted by Gasteiger charge is -2.12. The van der Waals surface area contributed by atoms with Crippen LogP contribution in [-0.2, 0) is 4.79 Å². The molecule has 0 atom stereocenters. The number of benzene rings is 2. The molecule has 5 nitrogen and oxygen atoms in total. The normalized spacial score (nSPS) is 9.76. The summed E-state index contributed by atoms with van der Waals surface area (Å²) in [6, 6.07) is 14.7. The number of para-hydroxylation sites is 1. The maximum Gasteiger partial charge on any atom is 0.259 e. The van der Waals surface area contributed by atoms with Crippen LogP contribution in [-0.4, -0.2) is 18.6 Å². The van der Waals surface area contributed by atoms with Crippen molar-refractivity contribution in [3.05, 3.63) is 54.1 Å². The fourth-order valence-electron chi connectivity index (χ4n) is 1.86. The summed E-state index contributed by atoms with van der Waals surface area (Å²) in [7, 11) is 0. The summed E-state index contributed by atoms with van der Waals surface area (Å²) in [5, 5.41) is 5.33. The number of carbonyl (C=O) groups excluding carboxylic acids is 2. The summed E-state index contributed by atoms with van der Waals surface area (Å²) in [4.78, 5) is 22.2. The molecule has 6 heteroatoms. The second kappa shape index (κ2) is 7.35. The van der Waals surface area contributed by atoms with Crippen LogP contribution in [0.1, 0.15) is 10.4 Å². The van der Waals surface area contributed by atoms with Crippen LogP contribution in [0, 0.1) is 0 Å². The summed E-state index contributed by atoms with van der Waals surface area (Å²) in [6.45, 7) is 0. The maximum absolute atomic E-state index is 11.8. The molecule has 0 aromatic heterocycles.